The van der Waals surface area contributed by atoms with Crippen molar-refractivity contribution in [2.45, 2.75) is 78.2 Å². The molecule has 24 heavy (non-hydrogen) atoms. The van der Waals surface area contributed by atoms with E-state index in [2.05, 4.69) is 19.9 Å². The second-order valence-corrected chi connectivity index (χ2v) is 9.15. The van der Waals surface area contributed by atoms with Gasteiger partial charge >= 0.3 is 5.97 Å². The summed E-state index contributed by atoms with van der Waals surface area (Å²) in [5, 5.41) is 0. The Labute approximate surface area is 145 Å². The Morgan fingerprint density at radius 1 is 1.12 bits per heavy atom. The molecule has 3 saturated carbocycles. The molecule has 0 aliphatic heterocycles. The van der Waals surface area contributed by atoms with E-state index in [4.69, 9.17) is 4.74 Å². The number of carbonyl (C=O) groups excluding carboxylic acids is 2. The van der Waals surface area contributed by atoms with Gasteiger partial charge in [0.1, 0.15) is 11.9 Å². The topological polar surface area (TPSA) is 43.4 Å². The van der Waals surface area contributed by atoms with Crippen molar-refractivity contribution in [2.75, 3.05) is 0 Å². The van der Waals surface area contributed by atoms with Crippen molar-refractivity contribution in [3.63, 3.8) is 0 Å². The highest BCUT2D eigenvalue weighted by atomic mass is 16.5. The third kappa shape index (κ3) is 2.23. The van der Waals surface area contributed by atoms with Crippen LogP contribution in [0.15, 0.2) is 11.6 Å². The number of allylic oxidation sites excluding steroid dienone is 2. The van der Waals surface area contributed by atoms with Crippen LogP contribution in [0, 0.1) is 28.6 Å². The summed E-state index contributed by atoms with van der Waals surface area (Å²) in [6.45, 7) is 6.16. The van der Waals surface area contributed by atoms with E-state index in [9.17, 15) is 9.59 Å². The minimum Gasteiger partial charge on any atom is -0.463 e. The minimum atomic E-state index is -0.152. The molecule has 132 valence electrons. The van der Waals surface area contributed by atoms with Gasteiger partial charge in [0, 0.05) is 18.8 Å². The van der Waals surface area contributed by atoms with E-state index in [0.717, 1.165) is 51.4 Å². The summed E-state index contributed by atoms with van der Waals surface area (Å²) < 4.78 is 5.59. The van der Waals surface area contributed by atoms with Gasteiger partial charge in [0.2, 0.25) is 0 Å². The highest BCUT2D eigenvalue weighted by Gasteiger charge is 2.58. The summed E-state index contributed by atoms with van der Waals surface area (Å²) in [4.78, 5) is 23.9. The average Bonchev–Trinajstić information content (AvgIpc) is 2.81. The van der Waals surface area contributed by atoms with Gasteiger partial charge in [-0.05, 0) is 68.1 Å². The summed E-state index contributed by atoms with van der Waals surface area (Å²) >= 11 is 0. The second kappa shape index (κ2) is 5.44. The molecule has 1 unspecified atom stereocenters. The van der Waals surface area contributed by atoms with E-state index in [1.165, 1.54) is 6.92 Å². The molecule has 0 saturated heterocycles. The normalized spacial score (nSPS) is 47.3. The van der Waals surface area contributed by atoms with E-state index in [-0.39, 0.29) is 22.9 Å². The molecular weight excluding hydrogens is 300 g/mol. The van der Waals surface area contributed by atoms with Gasteiger partial charge < -0.3 is 4.74 Å². The molecule has 0 aromatic rings. The van der Waals surface area contributed by atoms with Gasteiger partial charge in [0.25, 0.3) is 0 Å². The molecular formula is C21H30O3. The van der Waals surface area contributed by atoms with Crippen LogP contribution in [0.25, 0.3) is 0 Å². The van der Waals surface area contributed by atoms with Crippen LogP contribution in [0.1, 0.15) is 72.1 Å². The Morgan fingerprint density at radius 2 is 1.88 bits per heavy atom. The fourth-order valence-electron chi connectivity index (χ4n) is 6.82. The van der Waals surface area contributed by atoms with Gasteiger partial charge in [-0.2, -0.15) is 0 Å². The van der Waals surface area contributed by atoms with E-state index < -0.39 is 0 Å². The zero-order valence-corrected chi connectivity index (χ0v) is 15.3. The number of ether oxygens (including phenoxy) is 1. The fourth-order valence-corrected chi connectivity index (χ4v) is 6.82. The molecule has 3 fully saturated rings. The molecule has 3 nitrogen and oxygen atoms in total. The quantitative estimate of drug-likeness (QED) is 0.527. The predicted octanol–water partition coefficient (Wildman–Crippen LogP) is 4.45. The summed E-state index contributed by atoms with van der Waals surface area (Å²) in [6, 6.07) is 0. The number of esters is 1. The minimum absolute atomic E-state index is 0.0627. The maximum atomic E-state index is 12.5. The lowest BCUT2D eigenvalue weighted by Gasteiger charge is -2.57. The number of Topliss-reactive ketones (excluding diaryl/α,β-unsaturated/α-hetero) is 1. The first-order valence-electron chi connectivity index (χ1n) is 9.74. The molecule has 4 rings (SSSR count). The lowest BCUT2D eigenvalue weighted by molar-refractivity contribution is -0.151. The van der Waals surface area contributed by atoms with E-state index in [1.807, 2.05) is 0 Å². The molecule has 0 amide bonds. The summed E-state index contributed by atoms with van der Waals surface area (Å²) in [7, 11) is 0. The molecule has 4 aliphatic rings. The molecule has 0 bridgehead atoms. The third-order valence-electron chi connectivity index (χ3n) is 8.05. The van der Waals surface area contributed by atoms with Gasteiger partial charge in [-0.25, -0.2) is 0 Å². The third-order valence-corrected chi connectivity index (χ3v) is 8.05. The Kier molecular flexibility index (Phi) is 3.71. The first kappa shape index (κ1) is 16.4. The average molecular weight is 330 g/mol. The lowest BCUT2D eigenvalue weighted by atomic mass is 9.48. The number of carbonyl (C=O) groups is 2. The summed E-state index contributed by atoms with van der Waals surface area (Å²) in [5.74, 6) is 2.21. The maximum Gasteiger partial charge on any atom is 0.302 e. The second-order valence-electron chi connectivity index (χ2n) is 9.15. The van der Waals surface area contributed by atoms with Crippen LogP contribution in [-0.2, 0) is 14.3 Å². The number of hydrogen-bond acceptors (Lipinski definition) is 3. The number of fused-ring (bicyclic) bond motifs is 5. The van der Waals surface area contributed by atoms with Gasteiger partial charge in [0.05, 0.1) is 0 Å². The molecule has 4 aliphatic carbocycles. The van der Waals surface area contributed by atoms with Crippen LogP contribution in [0.3, 0.4) is 0 Å². The van der Waals surface area contributed by atoms with Crippen molar-refractivity contribution in [2.24, 2.45) is 28.6 Å². The fraction of sp³-hybridized carbons (Fsp3) is 0.810. The first-order chi connectivity index (χ1) is 11.3. The predicted molar refractivity (Wildman–Crippen MR) is 92.3 cm³/mol. The van der Waals surface area contributed by atoms with Crippen molar-refractivity contribution in [1.29, 1.82) is 0 Å². The number of rotatable bonds is 1. The Bertz CT molecular complexity index is 606. The van der Waals surface area contributed by atoms with Gasteiger partial charge in [-0.3, -0.25) is 9.59 Å². The molecule has 6 atom stereocenters. The van der Waals surface area contributed by atoms with E-state index in [0.29, 0.717) is 23.5 Å². The highest BCUT2D eigenvalue weighted by molar-refractivity contribution is 5.87. The summed E-state index contributed by atoms with van der Waals surface area (Å²) in [6.07, 6.45) is 10.8. The SMILES string of the molecule is CC(=O)OC1CCC2=CC[C@@H]3[C@H](CC[C@]4(C)C(=O)CC[C@@H]34)[C@@]2(C)C1. The lowest BCUT2D eigenvalue weighted by Crippen LogP contribution is -2.51. The van der Waals surface area contributed by atoms with Crippen LogP contribution in [0.5, 0.6) is 0 Å². The largest absolute Gasteiger partial charge is 0.463 e. The number of ketones is 1. The molecule has 0 N–H and O–H groups in total. The van der Waals surface area contributed by atoms with Crippen molar-refractivity contribution in [3.05, 3.63) is 11.6 Å². The van der Waals surface area contributed by atoms with Gasteiger partial charge in [-0.1, -0.05) is 25.5 Å². The summed E-state index contributed by atoms with van der Waals surface area (Å²) in [5.41, 5.74) is 1.70. The maximum absolute atomic E-state index is 12.5. The molecule has 0 spiro atoms. The first-order valence-corrected chi connectivity index (χ1v) is 9.74. The molecule has 3 heteroatoms. The van der Waals surface area contributed by atoms with Crippen molar-refractivity contribution < 1.29 is 14.3 Å². The highest BCUT2D eigenvalue weighted by Crippen LogP contribution is 2.64. The molecule has 0 aromatic carbocycles. The zero-order valence-electron chi connectivity index (χ0n) is 15.3. The van der Waals surface area contributed by atoms with Crippen LogP contribution >= 0.6 is 0 Å². The number of hydrogen-bond donors (Lipinski definition) is 0. The van der Waals surface area contributed by atoms with E-state index >= 15 is 0 Å². The van der Waals surface area contributed by atoms with Crippen LogP contribution in [0.2, 0.25) is 0 Å². The van der Waals surface area contributed by atoms with Crippen LogP contribution < -0.4 is 0 Å². The van der Waals surface area contributed by atoms with Gasteiger partial charge in [-0.15, -0.1) is 0 Å². The van der Waals surface area contributed by atoms with E-state index in [1.54, 1.807) is 5.57 Å². The molecule has 0 radical (unpaired) electrons. The van der Waals surface area contributed by atoms with Crippen molar-refractivity contribution in [1.82, 2.24) is 0 Å². The monoisotopic (exact) mass is 330 g/mol. The Morgan fingerprint density at radius 3 is 2.62 bits per heavy atom. The smallest absolute Gasteiger partial charge is 0.302 e. The Hall–Kier alpha value is -1.12. The van der Waals surface area contributed by atoms with Crippen LogP contribution in [-0.4, -0.2) is 17.9 Å². The van der Waals surface area contributed by atoms with Gasteiger partial charge in [0.15, 0.2) is 0 Å². The van der Waals surface area contributed by atoms with Crippen molar-refractivity contribution >= 4 is 11.8 Å². The Balaban J connectivity index is 1.63. The van der Waals surface area contributed by atoms with Crippen LogP contribution in [0.4, 0.5) is 0 Å². The zero-order chi connectivity index (χ0) is 17.1. The molecule has 0 heterocycles. The molecule has 0 aromatic heterocycles. The van der Waals surface area contributed by atoms with Crippen molar-refractivity contribution in [3.8, 4) is 0 Å². The standard InChI is InChI=1S/C21H30O3/c1-13(22)24-15-6-4-14-5-7-16-17-8-9-19(23)20(17,2)11-10-18(16)21(14,3)12-15/h5,15-18H,4,6-12H2,1-3H3/t15?,16-,17-,18-,20-,21-/m0/s1.